The van der Waals surface area contributed by atoms with E-state index in [2.05, 4.69) is 10.6 Å². The summed E-state index contributed by atoms with van der Waals surface area (Å²) in [6.45, 7) is 5.07. The molecule has 7 nitrogen and oxygen atoms in total. The highest BCUT2D eigenvalue weighted by molar-refractivity contribution is 5.98. The minimum atomic E-state index is -0.605. The van der Waals surface area contributed by atoms with E-state index in [0.717, 1.165) is 0 Å². The van der Waals surface area contributed by atoms with Gasteiger partial charge in [0, 0.05) is 31.8 Å². The van der Waals surface area contributed by atoms with Gasteiger partial charge in [-0.05, 0) is 25.1 Å². The first-order chi connectivity index (χ1) is 11.8. The van der Waals surface area contributed by atoms with Gasteiger partial charge in [0.05, 0.1) is 14.2 Å². The molecule has 0 aliphatic carbocycles. The van der Waals surface area contributed by atoms with E-state index in [1.807, 2.05) is 20.9 Å². The maximum Gasteiger partial charge on any atom is 0.252 e. The van der Waals surface area contributed by atoms with Crippen LogP contribution in [-0.4, -0.2) is 64.2 Å². The second kappa shape index (κ2) is 11.6. The molecule has 0 spiro atoms. The second-order valence-electron chi connectivity index (χ2n) is 6.16. The van der Waals surface area contributed by atoms with Crippen molar-refractivity contribution in [1.82, 2.24) is 15.5 Å². The number of nitrogens with one attached hydrogen (secondary N) is 2. The molecule has 1 aromatic carbocycles. The van der Waals surface area contributed by atoms with Crippen molar-refractivity contribution in [3.05, 3.63) is 23.8 Å². The Morgan fingerprint density at radius 3 is 2.08 bits per heavy atom. The molecule has 0 aliphatic rings. The Kier molecular flexibility index (Phi) is 10.7. The number of rotatable bonds is 9. The fourth-order valence-corrected chi connectivity index (χ4v) is 2.30. The van der Waals surface area contributed by atoms with Gasteiger partial charge < -0.3 is 25.0 Å². The molecule has 8 heteroatoms. The summed E-state index contributed by atoms with van der Waals surface area (Å²) >= 11 is 0. The van der Waals surface area contributed by atoms with Crippen molar-refractivity contribution < 1.29 is 19.1 Å². The highest BCUT2D eigenvalue weighted by atomic mass is 35.5. The topological polar surface area (TPSA) is 79.9 Å². The zero-order valence-corrected chi connectivity index (χ0v) is 17.1. The smallest absolute Gasteiger partial charge is 0.252 e. The summed E-state index contributed by atoms with van der Waals surface area (Å²) in [5.41, 5.74) is 0.382. The Morgan fingerprint density at radius 2 is 1.65 bits per heavy atom. The fraction of sp³-hybridized carbons (Fsp3) is 0.556. The van der Waals surface area contributed by atoms with E-state index in [9.17, 15) is 9.59 Å². The summed E-state index contributed by atoms with van der Waals surface area (Å²) in [6.07, 6.45) is 0. The van der Waals surface area contributed by atoms with Crippen LogP contribution >= 0.6 is 12.4 Å². The van der Waals surface area contributed by atoms with Crippen LogP contribution < -0.4 is 20.1 Å². The monoisotopic (exact) mass is 387 g/mol. The molecule has 2 amide bonds. The van der Waals surface area contributed by atoms with Crippen LogP contribution in [0.2, 0.25) is 0 Å². The van der Waals surface area contributed by atoms with Crippen molar-refractivity contribution in [2.45, 2.75) is 19.9 Å². The van der Waals surface area contributed by atoms with Crippen LogP contribution in [0.3, 0.4) is 0 Å². The predicted molar refractivity (Wildman–Crippen MR) is 104 cm³/mol. The Labute approximate surface area is 161 Å². The molecule has 2 N–H and O–H groups in total. The van der Waals surface area contributed by atoms with Crippen molar-refractivity contribution in [3.63, 3.8) is 0 Å². The maximum atomic E-state index is 12.6. The molecule has 1 unspecified atom stereocenters. The van der Waals surface area contributed by atoms with E-state index >= 15 is 0 Å². The number of methoxy groups -OCH3 is 2. The number of hydrogen-bond donors (Lipinski definition) is 2. The van der Waals surface area contributed by atoms with E-state index in [-0.39, 0.29) is 30.1 Å². The zero-order chi connectivity index (χ0) is 19.0. The summed E-state index contributed by atoms with van der Waals surface area (Å²) in [5, 5.41) is 5.84. The number of nitrogens with zero attached hydrogens (tertiary/aromatic N) is 1. The number of halogens is 1. The molecule has 26 heavy (non-hydrogen) atoms. The SMILES string of the molecule is CNCCN(C)C(=O)C(NC(=O)c1cc(OC)cc(OC)c1)C(C)C.Cl. The van der Waals surface area contributed by atoms with E-state index in [1.165, 1.54) is 14.2 Å². The molecule has 148 valence electrons. The lowest BCUT2D eigenvalue weighted by Gasteiger charge is -2.27. The van der Waals surface area contributed by atoms with Gasteiger partial charge in [-0.3, -0.25) is 9.59 Å². The normalized spacial score (nSPS) is 11.3. The molecule has 0 aliphatic heterocycles. The number of likely N-dealkylation sites (N-methyl/N-ethyl adjacent to an activating group) is 2. The van der Waals surface area contributed by atoms with Gasteiger partial charge in [0.1, 0.15) is 17.5 Å². The Hall–Kier alpha value is -1.99. The largest absolute Gasteiger partial charge is 0.497 e. The van der Waals surface area contributed by atoms with Crippen LogP contribution in [0.5, 0.6) is 11.5 Å². The first-order valence-electron chi connectivity index (χ1n) is 8.27. The first kappa shape index (κ1) is 24.0. The van der Waals surface area contributed by atoms with Crippen LogP contribution in [-0.2, 0) is 4.79 Å². The second-order valence-corrected chi connectivity index (χ2v) is 6.16. The van der Waals surface area contributed by atoms with Gasteiger partial charge in [-0.1, -0.05) is 13.8 Å². The Bertz CT molecular complexity index is 574. The van der Waals surface area contributed by atoms with Crippen molar-refractivity contribution in [3.8, 4) is 11.5 Å². The van der Waals surface area contributed by atoms with Crippen LogP contribution in [0.4, 0.5) is 0 Å². The van der Waals surface area contributed by atoms with Gasteiger partial charge >= 0.3 is 0 Å². The average Bonchev–Trinajstić information content (AvgIpc) is 2.62. The van der Waals surface area contributed by atoms with Crippen molar-refractivity contribution in [1.29, 1.82) is 0 Å². The lowest BCUT2D eigenvalue weighted by atomic mass is 10.0. The molecule has 0 fully saturated rings. The highest BCUT2D eigenvalue weighted by Crippen LogP contribution is 2.22. The number of carbonyl (C=O) groups excluding carboxylic acids is 2. The molecular formula is C18H30ClN3O4. The van der Waals surface area contributed by atoms with Gasteiger partial charge in [-0.25, -0.2) is 0 Å². The summed E-state index contributed by atoms with van der Waals surface area (Å²) in [7, 11) is 6.60. The van der Waals surface area contributed by atoms with Crippen molar-refractivity contribution in [2.75, 3.05) is 41.4 Å². The zero-order valence-electron chi connectivity index (χ0n) is 16.3. The number of hydrogen-bond acceptors (Lipinski definition) is 5. The molecular weight excluding hydrogens is 358 g/mol. The summed E-state index contributed by atoms with van der Waals surface area (Å²) in [5.74, 6) is 0.534. The Balaban J connectivity index is 0.00000625. The molecule has 0 bridgehead atoms. The van der Waals surface area contributed by atoms with Crippen LogP contribution in [0.15, 0.2) is 18.2 Å². The predicted octanol–water partition coefficient (Wildman–Crippen LogP) is 1.56. The lowest BCUT2D eigenvalue weighted by molar-refractivity contribution is -0.132. The minimum Gasteiger partial charge on any atom is -0.497 e. The van der Waals surface area contributed by atoms with Gasteiger partial charge in [-0.15, -0.1) is 12.4 Å². The Morgan fingerprint density at radius 1 is 1.12 bits per heavy atom. The van der Waals surface area contributed by atoms with E-state index in [1.54, 1.807) is 30.1 Å². The van der Waals surface area contributed by atoms with Gasteiger partial charge in [0.15, 0.2) is 0 Å². The molecule has 1 aromatic rings. The third kappa shape index (κ3) is 6.72. The number of amides is 2. The van der Waals surface area contributed by atoms with Gasteiger partial charge in [0.2, 0.25) is 5.91 Å². The van der Waals surface area contributed by atoms with Crippen LogP contribution in [0.25, 0.3) is 0 Å². The standard InChI is InChI=1S/C18H29N3O4.ClH/c1-12(2)16(18(23)21(4)8-7-19-3)20-17(22)13-9-14(24-5)11-15(10-13)25-6;/h9-12,16,19H,7-8H2,1-6H3,(H,20,22);1H. The molecule has 0 saturated heterocycles. The summed E-state index contributed by atoms with van der Waals surface area (Å²) < 4.78 is 10.4. The van der Waals surface area contributed by atoms with E-state index in [0.29, 0.717) is 30.2 Å². The molecule has 0 radical (unpaired) electrons. The van der Waals surface area contributed by atoms with Crippen molar-refractivity contribution in [2.24, 2.45) is 5.92 Å². The number of benzene rings is 1. The summed E-state index contributed by atoms with van der Waals surface area (Å²) in [6, 6.07) is 4.31. The van der Waals surface area contributed by atoms with Crippen molar-refractivity contribution >= 4 is 24.2 Å². The van der Waals surface area contributed by atoms with E-state index in [4.69, 9.17) is 9.47 Å². The lowest BCUT2D eigenvalue weighted by Crippen LogP contribution is -2.51. The molecule has 0 heterocycles. The first-order valence-corrected chi connectivity index (χ1v) is 8.27. The van der Waals surface area contributed by atoms with Crippen LogP contribution in [0.1, 0.15) is 24.2 Å². The third-order valence-electron chi connectivity index (χ3n) is 3.91. The minimum absolute atomic E-state index is 0. The quantitative estimate of drug-likeness (QED) is 0.672. The fourth-order valence-electron chi connectivity index (χ4n) is 2.30. The maximum absolute atomic E-state index is 12.6. The molecule has 0 aromatic heterocycles. The number of ether oxygens (including phenoxy) is 2. The van der Waals surface area contributed by atoms with E-state index < -0.39 is 6.04 Å². The van der Waals surface area contributed by atoms with Crippen LogP contribution in [0, 0.1) is 5.92 Å². The molecule has 0 saturated carbocycles. The van der Waals surface area contributed by atoms with Gasteiger partial charge in [-0.2, -0.15) is 0 Å². The third-order valence-corrected chi connectivity index (χ3v) is 3.91. The summed E-state index contributed by atoms with van der Waals surface area (Å²) in [4.78, 5) is 26.9. The average molecular weight is 388 g/mol. The highest BCUT2D eigenvalue weighted by Gasteiger charge is 2.27. The molecule has 1 atom stereocenters. The van der Waals surface area contributed by atoms with Gasteiger partial charge in [0.25, 0.3) is 5.91 Å². The molecule has 1 rings (SSSR count). The number of carbonyl (C=O) groups is 2.